The van der Waals surface area contributed by atoms with E-state index in [9.17, 15) is 9.90 Å². The van der Waals surface area contributed by atoms with Crippen LogP contribution in [0.15, 0.2) is 0 Å². The highest BCUT2D eigenvalue weighted by Gasteiger charge is 2.30. The standard InChI is InChI=1S/C7H11O2/c8-6-7(9)4-2-1-3-5-7/h6H,1-5H2. The predicted molar refractivity (Wildman–Crippen MR) is 32.6 cm³/mol. The Balaban J connectivity index is 2.46. The first kappa shape index (κ1) is 6.75. The van der Waals surface area contributed by atoms with Gasteiger partial charge in [0.05, 0.1) is 0 Å². The van der Waals surface area contributed by atoms with Crippen LogP contribution >= 0.6 is 0 Å². The third kappa shape index (κ3) is 1.52. The van der Waals surface area contributed by atoms with Gasteiger partial charge < -0.3 is 4.79 Å². The topological polar surface area (TPSA) is 37.0 Å². The van der Waals surface area contributed by atoms with Crippen molar-refractivity contribution in [2.24, 2.45) is 0 Å². The molecule has 1 radical (unpaired) electrons. The summed E-state index contributed by atoms with van der Waals surface area (Å²) in [6.07, 6.45) is 4.67. The molecule has 1 aliphatic rings. The fraction of sp³-hybridized carbons (Fsp3) is 0.857. The summed E-state index contributed by atoms with van der Waals surface area (Å²) < 4.78 is 0. The lowest BCUT2D eigenvalue weighted by Crippen LogP contribution is -2.31. The Labute approximate surface area is 54.9 Å². The van der Waals surface area contributed by atoms with Crippen molar-refractivity contribution in [3.8, 4) is 0 Å². The molecular weight excluding hydrogens is 116 g/mol. The Morgan fingerprint density at radius 2 is 1.67 bits per heavy atom. The van der Waals surface area contributed by atoms with Gasteiger partial charge in [0, 0.05) is 0 Å². The van der Waals surface area contributed by atoms with E-state index < -0.39 is 5.60 Å². The molecule has 0 heterocycles. The molecule has 0 N–H and O–H groups in total. The smallest absolute Gasteiger partial charge is 0.158 e. The van der Waals surface area contributed by atoms with E-state index in [2.05, 4.69) is 0 Å². The van der Waals surface area contributed by atoms with Crippen molar-refractivity contribution in [3.05, 3.63) is 0 Å². The molecule has 0 aromatic carbocycles. The van der Waals surface area contributed by atoms with Crippen LogP contribution in [0.2, 0.25) is 0 Å². The van der Waals surface area contributed by atoms with Gasteiger partial charge in [0.1, 0.15) is 0 Å². The van der Waals surface area contributed by atoms with Crippen molar-refractivity contribution in [2.75, 3.05) is 0 Å². The third-order valence-electron chi connectivity index (χ3n) is 1.91. The molecule has 2 nitrogen and oxygen atoms in total. The van der Waals surface area contributed by atoms with Crippen LogP contribution < -0.4 is 0 Å². The Kier molecular flexibility index (Phi) is 1.86. The Morgan fingerprint density at radius 1 is 1.11 bits per heavy atom. The van der Waals surface area contributed by atoms with Crippen LogP contribution in [0.3, 0.4) is 0 Å². The second-order valence-electron chi connectivity index (χ2n) is 2.74. The molecule has 2 heteroatoms. The Morgan fingerprint density at radius 3 is 2.00 bits per heavy atom. The first-order valence-electron chi connectivity index (χ1n) is 3.44. The first-order valence-corrected chi connectivity index (χ1v) is 3.44. The summed E-state index contributed by atoms with van der Waals surface area (Å²) in [4.78, 5) is 10.2. The molecular formula is C7H11O2. The number of hydrogen-bond acceptors (Lipinski definition) is 1. The molecule has 1 aliphatic carbocycles. The molecule has 1 fully saturated rings. The lowest BCUT2D eigenvalue weighted by Gasteiger charge is -2.22. The van der Waals surface area contributed by atoms with Gasteiger partial charge in [0.15, 0.2) is 11.9 Å². The van der Waals surface area contributed by atoms with Gasteiger partial charge in [-0.15, -0.1) is 0 Å². The zero-order valence-electron chi connectivity index (χ0n) is 5.43. The lowest BCUT2D eigenvalue weighted by atomic mass is 9.86. The molecule has 0 atom stereocenters. The summed E-state index contributed by atoms with van der Waals surface area (Å²) in [5.74, 6) is 0. The van der Waals surface area contributed by atoms with E-state index in [1.807, 2.05) is 0 Å². The molecule has 0 saturated heterocycles. The van der Waals surface area contributed by atoms with Gasteiger partial charge in [-0.25, -0.2) is 5.11 Å². The monoisotopic (exact) mass is 127 g/mol. The minimum absolute atomic E-state index is 0.552. The van der Waals surface area contributed by atoms with Gasteiger partial charge in [-0.3, -0.25) is 0 Å². The zero-order chi connectivity index (χ0) is 6.74. The zero-order valence-corrected chi connectivity index (χ0v) is 5.43. The molecule has 1 saturated carbocycles. The summed E-state index contributed by atoms with van der Waals surface area (Å²) in [6.45, 7) is 0. The molecule has 0 bridgehead atoms. The van der Waals surface area contributed by atoms with Gasteiger partial charge in [0.25, 0.3) is 0 Å². The van der Waals surface area contributed by atoms with Gasteiger partial charge in [-0.2, -0.15) is 0 Å². The van der Waals surface area contributed by atoms with E-state index in [4.69, 9.17) is 0 Å². The van der Waals surface area contributed by atoms with Gasteiger partial charge in [0.2, 0.25) is 0 Å². The predicted octanol–water partition coefficient (Wildman–Crippen LogP) is 1.32. The van der Waals surface area contributed by atoms with Crippen molar-refractivity contribution in [2.45, 2.75) is 37.7 Å². The van der Waals surface area contributed by atoms with Gasteiger partial charge in [-0.1, -0.05) is 6.42 Å². The van der Waals surface area contributed by atoms with E-state index in [-0.39, 0.29) is 0 Å². The number of aldehydes is 1. The quantitative estimate of drug-likeness (QED) is 0.489. The molecule has 0 unspecified atom stereocenters. The summed E-state index contributed by atoms with van der Waals surface area (Å²) in [5.41, 5.74) is -1.21. The van der Waals surface area contributed by atoms with Crippen molar-refractivity contribution in [1.82, 2.24) is 0 Å². The molecule has 0 aromatic rings. The average molecular weight is 127 g/mol. The van der Waals surface area contributed by atoms with E-state index in [1.165, 1.54) is 0 Å². The third-order valence-corrected chi connectivity index (χ3v) is 1.91. The van der Waals surface area contributed by atoms with Crippen LogP contribution in [-0.4, -0.2) is 11.9 Å². The van der Waals surface area contributed by atoms with Crippen molar-refractivity contribution < 1.29 is 9.90 Å². The highest BCUT2D eigenvalue weighted by atomic mass is 16.3. The molecule has 0 amide bonds. The maximum Gasteiger partial charge on any atom is 0.158 e. The lowest BCUT2D eigenvalue weighted by molar-refractivity contribution is -0.135. The second kappa shape index (κ2) is 2.48. The van der Waals surface area contributed by atoms with E-state index >= 15 is 0 Å². The second-order valence-corrected chi connectivity index (χ2v) is 2.74. The molecule has 51 valence electrons. The van der Waals surface area contributed by atoms with Crippen molar-refractivity contribution in [1.29, 1.82) is 0 Å². The molecule has 0 aromatic heterocycles. The summed E-state index contributed by atoms with van der Waals surface area (Å²) in [7, 11) is 0. The number of hydrogen-bond donors (Lipinski definition) is 0. The minimum Gasteiger partial charge on any atom is -0.300 e. The molecule has 0 spiro atoms. The van der Waals surface area contributed by atoms with Crippen LogP contribution in [0.5, 0.6) is 0 Å². The van der Waals surface area contributed by atoms with Crippen LogP contribution in [0.25, 0.3) is 0 Å². The summed E-state index contributed by atoms with van der Waals surface area (Å²) >= 11 is 0. The largest absolute Gasteiger partial charge is 0.300 e. The fourth-order valence-electron chi connectivity index (χ4n) is 1.27. The first-order chi connectivity index (χ1) is 4.27. The van der Waals surface area contributed by atoms with Crippen LogP contribution in [0, 0.1) is 0 Å². The van der Waals surface area contributed by atoms with Crippen LogP contribution in [0.1, 0.15) is 32.1 Å². The number of carbonyl (C=O) groups excluding carboxylic acids is 1. The van der Waals surface area contributed by atoms with E-state index in [0.717, 1.165) is 19.3 Å². The maximum absolute atomic E-state index is 11.1. The fourth-order valence-corrected chi connectivity index (χ4v) is 1.27. The highest BCUT2D eigenvalue weighted by Crippen LogP contribution is 2.26. The Bertz CT molecular complexity index is 103. The van der Waals surface area contributed by atoms with Crippen molar-refractivity contribution in [3.63, 3.8) is 0 Å². The van der Waals surface area contributed by atoms with Crippen LogP contribution in [-0.2, 0) is 9.90 Å². The maximum atomic E-state index is 11.1. The summed E-state index contributed by atoms with van der Waals surface area (Å²) in [5, 5.41) is 11.1. The molecule has 0 aliphatic heterocycles. The molecule has 1 rings (SSSR count). The summed E-state index contributed by atoms with van der Waals surface area (Å²) in [6, 6.07) is 0. The number of rotatable bonds is 1. The van der Waals surface area contributed by atoms with E-state index in [0.29, 0.717) is 19.1 Å². The number of carbonyl (C=O) groups is 1. The van der Waals surface area contributed by atoms with Crippen molar-refractivity contribution >= 4 is 6.29 Å². The highest BCUT2D eigenvalue weighted by molar-refractivity contribution is 5.61. The normalized spacial score (nSPS) is 25.4. The van der Waals surface area contributed by atoms with E-state index in [1.54, 1.807) is 0 Å². The van der Waals surface area contributed by atoms with Gasteiger partial charge >= 0.3 is 0 Å². The average Bonchev–Trinajstić information content (AvgIpc) is 1.90. The molecule has 9 heavy (non-hydrogen) atoms. The van der Waals surface area contributed by atoms with Gasteiger partial charge in [-0.05, 0) is 25.7 Å². The minimum atomic E-state index is -1.21. The SMILES string of the molecule is [O]C1(C=O)CCCCC1. The van der Waals surface area contributed by atoms with Crippen LogP contribution in [0.4, 0.5) is 0 Å². The Hall–Kier alpha value is -0.370.